The number of aryl methyl sites for hydroxylation is 1. The highest BCUT2D eigenvalue weighted by molar-refractivity contribution is 7.99. The Morgan fingerprint density at radius 3 is 2.68 bits per heavy atom. The number of ether oxygens (including phenoxy) is 1. The summed E-state index contributed by atoms with van der Waals surface area (Å²) >= 11 is 1.52. The Hall–Kier alpha value is -2.60. The van der Waals surface area contributed by atoms with Crippen LogP contribution in [0.25, 0.3) is 0 Å². The monoisotopic (exact) mass is 310 g/mol. The van der Waals surface area contributed by atoms with E-state index in [-0.39, 0.29) is 0 Å². The SMILES string of the molecule is Cc1ncccc1Oc1cnc(N)c(Sc2ccncc2)c1. The van der Waals surface area contributed by atoms with E-state index in [0.29, 0.717) is 17.3 Å². The number of anilines is 1. The zero-order valence-corrected chi connectivity index (χ0v) is 12.7. The minimum absolute atomic E-state index is 0.470. The van der Waals surface area contributed by atoms with Gasteiger partial charge in [0.2, 0.25) is 0 Å². The number of pyridine rings is 3. The molecule has 3 rings (SSSR count). The Labute approximate surface area is 132 Å². The van der Waals surface area contributed by atoms with Gasteiger partial charge in [0.05, 0.1) is 16.8 Å². The molecule has 0 bridgehead atoms. The molecular formula is C16H14N4OS. The zero-order chi connectivity index (χ0) is 15.4. The van der Waals surface area contributed by atoms with Gasteiger partial charge in [0, 0.05) is 29.6 Å². The molecule has 0 aliphatic rings. The Bertz CT molecular complexity index is 780. The van der Waals surface area contributed by atoms with Crippen LogP contribution in [0.2, 0.25) is 0 Å². The fourth-order valence-corrected chi connectivity index (χ4v) is 2.66. The highest BCUT2D eigenvalue weighted by Crippen LogP contribution is 2.34. The maximum absolute atomic E-state index is 5.95. The van der Waals surface area contributed by atoms with E-state index in [4.69, 9.17) is 10.5 Å². The molecular weight excluding hydrogens is 296 g/mol. The number of nitrogens with two attached hydrogens (primary N) is 1. The van der Waals surface area contributed by atoms with Crippen LogP contribution in [0.3, 0.4) is 0 Å². The van der Waals surface area contributed by atoms with Crippen LogP contribution in [0.4, 0.5) is 5.82 Å². The second-order valence-electron chi connectivity index (χ2n) is 4.53. The minimum Gasteiger partial charge on any atom is -0.454 e. The minimum atomic E-state index is 0.470. The first kappa shape index (κ1) is 14.3. The molecule has 3 heterocycles. The second kappa shape index (κ2) is 6.44. The Balaban J connectivity index is 1.85. The van der Waals surface area contributed by atoms with Crippen molar-refractivity contribution in [3.63, 3.8) is 0 Å². The first-order chi connectivity index (χ1) is 10.7. The van der Waals surface area contributed by atoms with E-state index in [1.807, 2.05) is 37.3 Å². The Morgan fingerprint density at radius 2 is 1.91 bits per heavy atom. The lowest BCUT2D eigenvalue weighted by Crippen LogP contribution is -1.95. The van der Waals surface area contributed by atoms with E-state index >= 15 is 0 Å². The van der Waals surface area contributed by atoms with Gasteiger partial charge < -0.3 is 10.5 Å². The Morgan fingerprint density at radius 1 is 1.09 bits per heavy atom. The lowest BCUT2D eigenvalue weighted by molar-refractivity contribution is 0.472. The van der Waals surface area contributed by atoms with Gasteiger partial charge >= 0.3 is 0 Å². The van der Waals surface area contributed by atoms with E-state index in [0.717, 1.165) is 15.5 Å². The highest BCUT2D eigenvalue weighted by Gasteiger charge is 2.08. The first-order valence-corrected chi connectivity index (χ1v) is 7.47. The number of nitrogens with zero attached hydrogens (tertiary/aromatic N) is 3. The maximum Gasteiger partial charge on any atom is 0.148 e. The average molecular weight is 310 g/mol. The number of hydrogen-bond acceptors (Lipinski definition) is 6. The summed E-state index contributed by atoms with van der Waals surface area (Å²) in [6.07, 6.45) is 6.82. The van der Waals surface area contributed by atoms with E-state index in [1.54, 1.807) is 24.8 Å². The smallest absolute Gasteiger partial charge is 0.148 e. The quantitative estimate of drug-likeness (QED) is 0.792. The Kier molecular flexibility index (Phi) is 4.20. The topological polar surface area (TPSA) is 73.9 Å². The average Bonchev–Trinajstić information content (AvgIpc) is 2.54. The third kappa shape index (κ3) is 3.35. The number of aromatic nitrogens is 3. The molecule has 0 aromatic carbocycles. The van der Waals surface area contributed by atoms with Gasteiger partial charge in [0.15, 0.2) is 0 Å². The molecule has 0 spiro atoms. The molecule has 0 saturated heterocycles. The van der Waals surface area contributed by atoms with Gasteiger partial charge in [-0.05, 0) is 31.2 Å². The van der Waals surface area contributed by atoms with E-state index in [9.17, 15) is 0 Å². The first-order valence-electron chi connectivity index (χ1n) is 6.65. The largest absolute Gasteiger partial charge is 0.454 e. The highest BCUT2D eigenvalue weighted by atomic mass is 32.2. The standard InChI is InChI=1S/C16H14N4OS/c1-11-14(3-2-6-19-11)21-12-9-15(16(17)20-10-12)22-13-4-7-18-8-5-13/h2-10H,1H3,(H2,17,20). The van der Waals surface area contributed by atoms with Crippen LogP contribution < -0.4 is 10.5 Å². The van der Waals surface area contributed by atoms with Crippen LogP contribution in [0, 0.1) is 6.92 Å². The van der Waals surface area contributed by atoms with Gasteiger partial charge in [-0.3, -0.25) is 9.97 Å². The summed E-state index contributed by atoms with van der Waals surface area (Å²) < 4.78 is 5.84. The molecule has 6 heteroatoms. The molecule has 0 fully saturated rings. The molecule has 22 heavy (non-hydrogen) atoms. The van der Waals surface area contributed by atoms with Gasteiger partial charge in [-0.25, -0.2) is 4.98 Å². The van der Waals surface area contributed by atoms with Gasteiger partial charge in [0.25, 0.3) is 0 Å². The molecule has 0 aliphatic carbocycles. The van der Waals surface area contributed by atoms with Crippen molar-refractivity contribution in [3.8, 4) is 11.5 Å². The third-order valence-corrected chi connectivity index (χ3v) is 3.98. The third-order valence-electron chi connectivity index (χ3n) is 2.92. The van der Waals surface area contributed by atoms with Gasteiger partial charge in [0.1, 0.15) is 17.3 Å². The van der Waals surface area contributed by atoms with Crippen molar-refractivity contribution < 1.29 is 4.74 Å². The van der Waals surface area contributed by atoms with Gasteiger partial charge in [-0.1, -0.05) is 11.8 Å². The zero-order valence-electron chi connectivity index (χ0n) is 11.9. The summed E-state index contributed by atoms with van der Waals surface area (Å²) in [4.78, 5) is 14.3. The predicted octanol–water partition coefficient (Wildman–Crippen LogP) is 3.71. The number of hydrogen-bond donors (Lipinski definition) is 1. The van der Waals surface area contributed by atoms with Crippen LogP contribution in [-0.4, -0.2) is 15.0 Å². The molecule has 3 aromatic rings. The van der Waals surface area contributed by atoms with E-state index in [2.05, 4.69) is 15.0 Å². The van der Waals surface area contributed by atoms with Crippen molar-refractivity contribution in [1.82, 2.24) is 15.0 Å². The summed E-state index contributed by atoms with van der Waals surface area (Å²) in [5, 5.41) is 0. The lowest BCUT2D eigenvalue weighted by Gasteiger charge is -2.10. The van der Waals surface area contributed by atoms with Crippen LogP contribution in [0.1, 0.15) is 5.69 Å². The molecule has 2 N–H and O–H groups in total. The summed E-state index contributed by atoms with van der Waals surface area (Å²) in [5.74, 6) is 1.80. The normalized spacial score (nSPS) is 10.4. The fraction of sp³-hybridized carbons (Fsp3) is 0.0625. The van der Waals surface area contributed by atoms with Crippen molar-refractivity contribution in [2.75, 3.05) is 5.73 Å². The molecule has 3 aromatic heterocycles. The molecule has 0 unspecified atom stereocenters. The van der Waals surface area contributed by atoms with Gasteiger partial charge in [-0.2, -0.15) is 0 Å². The number of nitrogen functional groups attached to an aromatic ring is 1. The molecule has 0 aliphatic heterocycles. The summed E-state index contributed by atoms with van der Waals surface area (Å²) in [5.41, 5.74) is 6.77. The summed E-state index contributed by atoms with van der Waals surface area (Å²) in [7, 11) is 0. The molecule has 5 nitrogen and oxygen atoms in total. The second-order valence-corrected chi connectivity index (χ2v) is 5.64. The van der Waals surface area contributed by atoms with Crippen molar-refractivity contribution in [2.45, 2.75) is 16.7 Å². The lowest BCUT2D eigenvalue weighted by atomic mass is 10.3. The van der Waals surface area contributed by atoms with Crippen LogP contribution in [0.5, 0.6) is 11.5 Å². The van der Waals surface area contributed by atoms with Gasteiger partial charge in [-0.15, -0.1) is 0 Å². The van der Waals surface area contributed by atoms with Crippen LogP contribution in [0.15, 0.2) is 64.9 Å². The molecule has 0 amide bonds. The van der Waals surface area contributed by atoms with Crippen molar-refractivity contribution in [1.29, 1.82) is 0 Å². The summed E-state index contributed by atoms with van der Waals surface area (Å²) in [6.45, 7) is 1.90. The number of rotatable bonds is 4. The maximum atomic E-state index is 5.95. The van der Waals surface area contributed by atoms with Crippen molar-refractivity contribution >= 4 is 17.6 Å². The fourth-order valence-electron chi connectivity index (χ4n) is 1.81. The van der Waals surface area contributed by atoms with Crippen LogP contribution in [-0.2, 0) is 0 Å². The summed E-state index contributed by atoms with van der Waals surface area (Å²) in [6, 6.07) is 9.42. The van der Waals surface area contributed by atoms with Crippen molar-refractivity contribution in [3.05, 3.63) is 60.8 Å². The van der Waals surface area contributed by atoms with E-state index < -0.39 is 0 Å². The predicted molar refractivity (Wildman–Crippen MR) is 86.1 cm³/mol. The molecule has 0 radical (unpaired) electrons. The van der Waals surface area contributed by atoms with Crippen molar-refractivity contribution in [2.24, 2.45) is 0 Å². The van der Waals surface area contributed by atoms with E-state index in [1.165, 1.54) is 11.8 Å². The molecule has 110 valence electrons. The molecule has 0 atom stereocenters. The molecule has 0 saturated carbocycles. The van der Waals surface area contributed by atoms with Crippen LogP contribution >= 0.6 is 11.8 Å².